The van der Waals surface area contributed by atoms with Gasteiger partial charge in [-0.3, -0.25) is 0 Å². The Hall–Kier alpha value is -3.15. The Balaban J connectivity index is 1.63. The first-order chi connectivity index (χ1) is 14.3. The van der Waals surface area contributed by atoms with Gasteiger partial charge in [0.1, 0.15) is 17.7 Å². The van der Waals surface area contributed by atoms with E-state index in [1.54, 1.807) is 35.2 Å². The van der Waals surface area contributed by atoms with Gasteiger partial charge in [0.25, 0.3) is 0 Å². The Bertz CT molecular complexity index is 989. The van der Waals surface area contributed by atoms with E-state index < -0.39 is 6.04 Å². The number of aromatic nitrogens is 2. The smallest absolute Gasteiger partial charge is 0.315 e. The Morgan fingerprint density at radius 2 is 1.83 bits per heavy atom. The van der Waals surface area contributed by atoms with Crippen molar-refractivity contribution < 1.29 is 9.18 Å². The summed E-state index contributed by atoms with van der Waals surface area (Å²) in [5.41, 5.74) is 2.92. The first-order valence-electron chi connectivity index (χ1n) is 10.1. The van der Waals surface area contributed by atoms with E-state index in [1.165, 1.54) is 11.6 Å². The number of urea groups is 1. The highest BCUT2D eigenvalue weighted by Gasteiger charge is 2.23. The van der Waals surface area contributed by atoms with E-state index in [-0.39, 0.29) is 17.3 Å². The van der Waals surface area contributed by atoms with Gasteiger partial charge in [0.05, 0.1) is 0 Å². The number of hydrogen-bond acceptors (Lipinski definition) is 2. The molecule has 0 fully saturated rings. The van der Waals surface area contributed by atoms with Crippen LogP contribution in [0.1, 0.15) is 49.3 Å². The fourth-order valence-electron chi connectivity index (χ4n) is 3.32. The molecule has 0 aliphatic heterocycles. The molecule has 30 heavy (non-hydrogen) atoms. The van der Waals surface area contributed by atoms with Gasteiger partial charge in [-0.15, -0.1) is 0 Å². The molecule has 0 saturated carbocycles. The van der Waals surface area contributed by atoms with Gasteiger partial charge < -0.3 is 15.2 Å². The molecule has 0 bridgehead atoms. The summed E-state index contributed by atoms with van der Waals surface area (Å²) in [5.74, 6) is 0.178. The highest BCUT2D eigenvalue weighted by molar-refractivity contribution is 5.74. The molecule has 1 unspecified atom stereocenters. The summed E-state index contributed by atoms with van der Waals surface area (Å²) in [4.78, 5) is 16.8. The molecule has 2 amide bonds. The van der Waals surface area contributed by atoms with Crippen molar-refractivity contribution in [3.8, 4) is 0 Å². The standard InChI is InChI=1S/C24H29FN4O/c1-24(2,3)18-11-9-17(10-12-18)13-14-27-23(30)28-21(22-26-15-16-29(22)4)19-7-5-6-8-20(19)25/h5-12,15-16,21H,13-14H2,1-4H3,(H2,27,28,30). The third-order valence-corrected chi connectivity index (χ3v) is 5.13. The minimum atomic E-state index is -0.683. The lowest BCUT2D eigenvalue weighted by Gasteiger charge is -2.20. The fraction of sp³-hybridized carbons (Fsp3) is 0.333. The molecule has 0 saturated heterocycles. The molecular formula is C24H29FN4O. The van der Waals surface area contributed by atoms with E-state index in [2.05, 4.69) is 60.7 Å². The molecule has 1 aromatic heterocycles. The molecule has 3 aromatic rings. The average Bonchev–Trinajstić information content (AvgIpc) is 3.12. The fourth-order valence-corrected chi connectivity index (χ4v) is 3.32. The number of carbonyl (C=O) groups excluding carboxylic acids is 1. The Morgan fingerprint density at radius 1 is 1.13 bits per heavy atom. The van der Waals surface area contributed by atoms with Gasteiger partial charge in [-0.1, -0.05) is 63.2 Å². The second-order valence-electron chi connectivity index (χ2n) is 8.45. The number of carbonyl (C=O) groups is 1. The van der Waals surface area contributed by atoms with E-state index in [9.17, 15) is 9.18 Å². The number of nitrogens with one attached hydrogen (secondary N) is 2. The first-order valence-corrected chi connectivity index (χ1v) is 10.1. The highest BCUT2D eigenvalue weighted by atomic mass is 19.1. The molecule has 0 radical (unpaired) electrons. The summed E-state index contributed by atoms with van der Waals surface area (Å²) >= 11 is 0. The van der Waals surface area contributed by atoms with E-state index in [0.717, 1.165) is 5.56 Å². The summed E-state index contributed by atoms with van der Waals surface area (Å²) in [6.45, 7) is 7.02. The van der Waals surface area contributed by atoms with Crippen LogP contribution in [0.15, 0.2) is 60.9 Å². The second kappa shape index (κ2) is 9.11. The summed E-state index contributed by atoms with van der Waals surface area (Å²) in [5, 5.41) is 5.73. The third kappa shape index (κ3) is 5.26. The number of amides is 2. The Morgan fingerprint density at radius 3 is 2.43 bits per heavy atom. The summed E-state index contributed by atoms with van der Waals surface area (Å²) in [6.07, 6.45) is 4.11. The number of hydrogen-bond donors (Lipinski definition) is 2. The number of benzene rings is 2. The molecule has 2 aromatic carbocycles. The first kappa shape index (κ1) is 21.6. The van der Waals surface area contributed by atoms with E-state index in [1.807, 2.05) is 7.05 Å². The molecule has 3 rings (SSSR count). The van der Waals surface area contributed by atoms with Crippen molar-refractivity contribution in [1.29, 1.82) is 0 Å². The van der Waals surface area contributed by atoms with Crippen LogP contribution in [0, 0.1) is 5.82 Å². The number of aryl methyl sites for hydroxylation is 1. The largest absolute Gasteiger partial charge is 0.338 e. The molecular weight excluding hydrogens is 379 g/mol. The predicted octanol–water partition coefficient (Wildman–Crippen LogP) is 4.49. The molecule has 0 aliphatic rings. The Labute approximate surface area is 177 Å². The lowest BCUT2D eigenvalue weighted by atomic mass is 9.86. The molecule has 0 spiro atoms. The summed E-state index contributed by atoms with van der Waals surface area (Å²) in [7, 11) is 1.82. The van der Waals surface area contributed by atoms with Crippen molar-refractivity contribution in [2.45, 2.75) is 38.6 Å². The van der Waals surface area contributed by atoms with Crippen LogP contribution in [0.3, 0.4) is 0 Å². The quantitative estimate of drug-likeness (QED) is 0.631. The summed E-state index contributed by atoms with van der Waals surface area (Å²) in [6, 6.07) is 13.8. The topological polar surface area (TPSA) is 59.0 Å². The van der Waals surface area contributed by atoms with Crippen LogP contribution in [0.25, 0.3) is 0 Å². The van der Waals surface area contributed by atoms with Crippen LogP contribution in [-0.2, 0) is 18.9 Å². The Kier molecular flexibility index (Phi) is 6.55. The van der Waals surface area contributed by atoms with Crippen molar-refractivity contribution in [2.75, 3.05) is 6.54 Å². The van der Waals surface area contributed by atoms with Gasteiger partial charge in [-0.2, -0.15) is 0 Å². The number of rotatable bonds is 6. The molecule has 1 heterocycles. The zero-order valence-electron chi connectivity index (χ0n) is 17.9. The maximum atomic E-state index is 14.4. The van der Waals surface area contributed by atoms with Gasteiger partial charge in [0, 0.05) is 31.5 Å². The van der Waals surface area contributed by atoms with Gasteiger partial charge >= 0.3 is 6.03 Å². The molecule has 158 valence electrons. The molecule has 6 heteroatoms. The maximum absolute atomic E-state index is 14.4. The third-order valence-electron chi connectivity index (χ3n) is 5.13. The van der Waals surface area contributed by atoms with Crippen molar-refractivity contribution >= 4 is 6.03 Å². The zero-order chi connectivity index (χ0) is 21.7. The van der Waals surface area contributed by atoms with E-state index in [4.69, 9.17) is 0 Å². The summed E-state index contributed by atoms with van der Waals surface area (Å²) < 4.78 is 16.2. The van der Waals surface area contributed by atoms with Gasteiger partial charge in [-0.25, -0.2) is 14.2 Å². The molecule has 0 aliphatic carbocycles. The molecule has 2 N–H and O–H groups in total. The minimum Gasteiger partial charge on any atom is -0.338 e. The van der Waals surface area contributed by atoms with Crippen molar-refractivity contribution in [2.24, 2.45) is 7.05 Å². The minimum absolute atomic E-state index is 0.114. The molecule has 1 atom stereocenters. The van der Waals surface area contributed by atoms with E-state index in [0.29, 0.717) is 24.4 Å². The van der Waals surface area contributed by atoms with Crippen molar-refractivity contribution in [3.05, 3.63) is 89.3 Å². The SMILES string of the molecule is Cn1ccnc1C(NC(=O)NCCc1ccc(C(C)(C)C)cc1)c1ccccc1F. The van der Waals surface area contributed by atoms with E-state index >= 15 is 0 Å². The lowest BCUT2D eigenvalue weighted by Crippen LogP contribution is -2.40. The van der Waals surface area contributed by atoms with Gasteiger partial charge in [-0.05, 0) is 29.0 Å². The van der Waals surface area contributed by atoms with Crippen LogP contribution in [0.4, 0.5) is 9.18 Å². The van der Waals surface area contributed by atoms with Crippen LogP contribution in [0.2, 0.25) is 0 Å². The van der Waals surface area contributed by atoms with Crippen LogP contribution in [0.5, 0.6) is 0 Å². The maximum Gasteiger partial charge on any atom is 0.315 e. The zero-order valence-corrected chi connectivity index (χ0v) is 17.9. The number of imidazole rings is 1. The monoisotopic (exact) mass is 408 g/mol. The molecule has 5 nitrogen and oxygen atoms in total. The van der Waals surface area contributed by atoms with Crippen molar-refractivity contribution in [1.82, 2.24) is 20.2 Å². The van der Waals surface area contributed by atoms with Crippen LogP contribution < -0.4 is 10.6 Å². The van der Waals surface area contributed by atoms with Crippen LogP contribution >= 0.6 is 0 Å². The van der Waals surface area contributed by atoms with Gasteiger partial charge in [0.15, 0.2) is 0 Å². The second-order valence-corrected chi connectivity index (χ2v) is 8.45. The highest BCUT2D eigenvalue weighted by Crippen LogP contribution is 2.23. The number of nitrogens with zero attached hydrogens (tertiary/aromatic N) is 2. The lowest BCUT2D eigenvalue weighted by molar-refractivity contribution is 0.238. The number of halogens is 1. The normalized spacial score (nSPS) is 12.4. The van der Waals surface area contributed by atoms with Crippen LogP contribution in [-0.4, -0.2) is 22.1 Å². The average molecular weight is 409 g/mol. The predicted molar refractivity (Wildman–Crippen MR) is 117 cm³/mol. The van der Waals surface area contributed by atoms with Gasteiger partial charge in [0.2, 0.25) is 0 Å². The van der Waals surface area contributed by atoms with Crippen molar-refractivity contribution in [3.63, 3.8) is 0 Å².